The Morgan fingerprint density at radius 1 is 1.62 bits per heavy atom. The van der Waals surface area contributed by atoms with Crippen molar-refractivity contribution in [3.8, 4) is 0 Å². The number of hydrogen-bond donors (Lipinski definition) is 1. The van der Waals surface area contributed by atoms with Crippen LogP contribution in [0.3, 0.4) is 0 Å². The van der Waals surface area contributed by atoms with Gasteiger partial charge >= 0.3 is 0 Å². The lowest BCUT2D eigenvalue weighted by Crippen LogP contribution is -2.30. The maximum atomic E-state index is 11.4. The summed E-state index contributed by atoms with van der Waals surface area (Å²) in [7, 11) is -4.04. The molecule has 0 radical (unpaired) electrons. The zero-order valence-corrected chi connectivity index (χ0v) is 10.4. The summed E-state index contributed by atoms with van der Waals surface area (Å²) in [6, 6.07) is 0. The highest BCUT2D eigenvalue weighted by molar-refractivity contribution is 8.14. The zero-order valence-electron chi connectivity index (χ0n) is 8.75. The summed E-state index contributed by atoms with van der Waals surface area (Å²) in [5, 5.41) is -0.166. The molecule has 1 aliphatic heterocycles. The minimum Gasteiger partial charge on any atom is -0.340 e. The van der Waals surface area contributed by atoms with Gasteiger partial charge in [0.2, 0.25) is 5.91 Å². The highest BCUT2D eigenvalue weighted by Crippen LogP contribution is 2.23. The van der Waals surface area contributed by atoms with Crippen LogP contribution in [0.2, 0.25) is 0 Å². The van der Waals surface area contributed by atoms with Gasteiger partial charge in [0.1, 0.15) is 0 Å². The molecule has 16 heavy (non-hydrogen) atoms. The van der Waals surface area contributed by atoms with Crippen molar-refractivity contribution in [3.63, 3.8) is 0 Å². The smallest absolute Gasteiger partial charge is 0.266 e. The molecule has 92 valence electrons. The van der Waals surface area contributed by atoms with E-state index in [1.54, 1.807) is 0 Å². The first kappa shape index (κ1) is 13.5. The van der Waals surface area contributed by atoms with Gasteiger partial charge < -0.3 is 4.90 Å². The third kappa shape index (κ3) is 4.50. The molecule has 0 saturated carbocycles. The molecule has 0 aromatic rings. The fourth-order valence-corrected chi connectivity index (χ4v) is 2.89. The van der Waals surface area contributed by atoms with E-state index in [-0.39, 0.29) is 29.2 Å². The molecule has 6 nitrogen and oxygen atoms in total. The Balaban J connectivity index is 2.46. The maximum absolute atomic E-state index is 11.4. The Morgan fingerprint density at radius 3 is 2.75 bits per heavy atom. The van der Waals surface area contributed by atoms with Crippen LogP contribution in [0.25, 0.3) is 0 Å². The summed E-state index contributed by atoms with van der Waals surface area (Å²) < 4.78 is 29.6. The Labute approximate surface area is 98.1 Å². The molecule has 0 bridgehead atoms. The third-order valence-corrected chi connectivity index (χ3v) is 3.81. The number of likely N-dealkylation sites (tertiary alicyclic amines) is 1. The lowest BCUT2D eigenvalue weighted by atomic mass is 10.4. The second kappa shape index (κ2) is 5.15. The quantitative estimate of drug-likeness (QED) is 0.706. The van der Waals surface area contributed by atoms with Crippen molar-refractivity contribution in [2.24, 2.45) is 0 Å². The van der Waals surface area contributed by atoms with E-state index in [2.05, 4.69) is 0 Å². The van der Waals surface area contributed by atoms with Crippen LogP contribution in [-0.4, -0.2) is 53.0 Å². The average molecular weight is 267 g/mol. The van der Waals surface area contributed by atoms with Crippen LogP contribution in [0.1, 0.15) is 13.3 Å². The molecule has 1 rings (SSSR count). The Kier molecular flexibility index (Phi) is 4.34. The SMILES string of the molecule is CC(=O)SC1CC(=O)N(CCS(=O)(=O)O)C1. The minimum absolute atomic E-state index is 0.0212. The van der Waals surface area contributed by atoms with Crippen LogP contribution in [0.4, 0.5) is 0 Å². The van der Waals surface area contributed by atoms with E-state index in [9.17, 15) is 18.0 Å². The summed E-state index contributed by atoms with van der Waals surface area (Å²) in [5.74, 6) is -0.640. The van der Waals surface area contributed by atoms with Crippen LogP contribution in [0, 0.1) is 0 Å². The predicted molar refractivity (Wildman–Crippen MR) is 59.7 cm³/mol. The minimum atomic E-state index is -4.04. The number of nitrogens with zero attached hydrogens (tertiary/aromatic N) is 1. The van der Waals surface area contributed by atoms with Crippen molar-refractivity contribution in [2.75, 3.05) is 18.8 Å². The second-order valence-corrected chi connectivity index (χ2v) is 6.61. The Hall–Kier alpha value is -0.600. The van der Waals surface area contributed by atoms with Gasteiger partial charge in [-0.25, -0.2) is 0 Å². The number of carbonyl (C=O) groups is 2. The topological polar surface area (TPSA) is 91.8 Å². The van der Waals surface area contributed by atoms with Crippen molar-refractivity contribution in [1.82, 2.24) is 4.90 Å². The Bertz CT molecular complexity index is 391. The first-order valence-corrected chi connectivity index (χ1v) is 7.17. The van der Waals surface area contributed by atoms with E-state index >= 15 is 0 Å². The van der Waals surface area contributed by atoms with E-state index < -0.39 is 15.9 Å². The van der Waals surface area contributed by atoms with Crippen LogP contribution in [-0.2, 0) is 19.7 Å². The first-order valence-electron chi connectivity index (χ1n) is 4.68. The van der Waals surface area contributed by atoms with Crippen LogP contribution in [0.5, 0.6) is 0 Å². The van der Waals surface area contributed by atoms with E-state index in [1.165, 1.54) is 11.8 Å². The fourth-order valence-electron chi connectivity index (χ4n) is 1.49. The van der Waals surface area contributed by atoms with Gasteiger partial charge in [0.15, 0.2) is 5.12 Å². The summed E-state index contributed by atoms with van der Waals surface area (Å²) in [6.07, 6.45) is 0.246. The highest BCUT2D eigenvalue weighted by atomic mass is 32.2. The van der Waals surface area contributed by atoms with Crippen molar-refractivity contribution >= 4 is 32.9 Å². The Morgan fingerprint density at radius 2 is 2.25 bits per heavy atom. The molecule has 1 atom stereocenters. The molecule has 0 spiro atoms. The van der Waals surface area contributed by atoms with Gasteiger partial charge in [0.05, 0.1) is 5.75 Å². The van der Waals surface area contributed by atoms with Crippen LogP contribution in [0.15, 0.2) is 0 Å². The standard InChI is InChI=1S/C8H13NO5S2/c1-6(10)15-7-4-8(11)9(5-7)2-3-16(12,13)14/h7H,2-5H2,1H3,(H,12,13,14). The number of hydrogen-bond acceptors (Lipinski definition) is 5. The van der Waals surface area contributed by atoms with E-state index in [4.69, 9.17) is 4.55 Å². The molecule has 1 heterocycles. The van der Waals surface area contributed by atoms with Gasteiger partial charge in [-0.15, -0.1) is 0 Å². The molecule has 1 unspecified atom stereocenters. The van der Waals surface area contributed by atoms with Gasteiger partial charge in [-0.1, -0.05) is 11.8 Å². The molecule has 1 fully saturated rings. The van der Waals surface area contributed by atoms with Crippen LogP contribution >= 0.6 is 11.8 Å². The lowest BCUT2D eigenvalue weighted by molar-refractivity contribution is -0.127. The summed E-state index contributed by atoms with van der Waals surface area (Å²) in [5.41, 5.74) is 0. The van der Waals surface area contributed by atoms with Crippen LogP contribution < -0.4 is 0 Å². The van der Waals surface area contributed by atoms with Crippen molar-refractivity contribution in [2.45, 2.75) is 18.6 Å². The van der Waals surface area contributed by atoms with Gasteiger partial charge in [0, 0.05) is 31.7 Å². The molecule has 8 heteroatoms. The number of rotatable bonds is 4. The molecule has 1 aliphatic rings. The molecule has 0 aromatic heterocycles. The molecular weight excluding hydrogens is 254 g/mol. The normalized spacial score (nSPS) is 21.5. The molecule has 0 aromatic carbocycles. The average Bonchev–Trinajstić information content (AvgIpc) is 2.40. The van der Waals surface area contributed by atoms with Gasteiger partial charge in [-0.2, -0.15) is 8.42 Å². The summed E-state index contributed by atoms with van der Waals surface area (Å²) >= 11 is 1.09. The number of amides is 1. The molecule has 0 aliphatic carbocycles. The molecule has 1 amide bonds. The van der Waals surface area contributed by atoms with E-state index in [0.717, 1.165) is 11.8 Å². The van der Waals surface area contributed by atoms with Crippen molar-refractivity contribution < 1.29 is 22.6 Å². The van der Waals surface area contributed by atoms with Crippen molar-refractivity contribution in [1.29, 1.82) is 0 Å². The summed E-state index contributed by atoms with van der Waals surface area (Å²) in [4.78, 5) is 23.6. The predicted octanol–water partition coefficient (Wildman–Crippen LogP) is -0.245. The molecule has 1 saturated heterocycles. The second-order valence-electron chi connectivity index (χ2n) is 3.56. The van der Waals surface area contributed by atoms with Gasteiger partial charge in [-0.3, -0.25) is 14.1 Å². The maximum Gasteiger partial charge on any atom is 0.266 e. The number of thioether (sulfide) groups is 1. The van der Waals surface area contributed by atoms with Gasteiger partial charge in [0.25, 0.3) is 10.1 Å². The molecule has 1 N–H and O–H groups in total. The van der Waals surface area contributed by atoms with Gasteiger partial charge in [-0.05, 0) is 0 Å². The van der Waals surface area contributed by atoms with Crippen molar-refractivity contribution in [3.05, 3.63) is 0 Å². The molecular formula is C8H13NO5S2. The lowest BCUT2D eigenvalue weighted by Gasteiger charge is -2.14. The first-order chi connectivity index (χ1) is 7.28. The zero-order chi connectivity index (χ0) is 12.3. The number of carbonyl (C=O) groups excluding carboxylic acids is 2. The third-order valence-electron chi connectivity index (χ3n) is 2.13. The van der Waals surface area contributed by atoms with E-state index in [1.807, 2.05) is 0 Å². The monoisotopic (exact) mass is 267 g/mol. The summed E-state index contributed by atoms with van der Waals surface area (Å²) in [6.45, 7) is 1.77. The van der Waals surface area contributed by atoms with E-state index in [0.29, 0.717) is 6.54 Å². The highest BCUT2D eigenvalue weighted by Gasteiger charge is 2.31. The largest absolute Gasteiger partial charge is 0.340 e. The fraction of sp³-hybridized carbons (Fsp3) is 0.750.